The Morgan fingerprint density at radius 3 is 2.69 bits per heavy atom. The molecule has 0 aromatic carbocycles. The van der Waals surface area contributed by atoms with Gasteiger partial charge in [0.15, 0.2) is 12.4 Å². The molecule has 0 unspecified atom stereocenters. The zero-order valence-electron chi connectivity index (χ0n) is 18.7. The Morgan fingerprint density at radius 1 is 1.29 bits per heavy atom. The number of imidazole rings is 1. The summed E-state index contributed by atoms with van der Waals surface area (Å²) in [6.07, 6.45) is 5.22. The van der Waals surface area contributed by atoms with Gasteiger partial charge in [0.25, 0.3) is 0 Å². The lowest BCUT2D eigenvalue weighted by molar-refractivity contribution is -0.685. The van der Waals surface area contributed by atoms with Crippen molar-refractivity contribution in [2.75, 3.05) is 0 Å². The maximum atomic E-state index is 13.2. The summed E-state index contributed by atoms with van der Waals surface area (Å²) < 4.78 is 3.01. The minimum absolute atomic E-state index is 0.104. The molecule has 0 spiro atoms. The second kappa shape index (κ2) is 8.10. The Bertz CT molecular complexity index is 1450. The van der Waals surface area contributed by atoms with E-state index in [1.165, 1.54) is 40.3 Å². The number of hydrogen-bond donors (Lipinski definition) is 3. The Kier molecular flexibility index (Phi) is 5.29. The average Bonchev–Trinajstić information content (AvgIpc) is 3.42. The molecule has 3 aromatic heterocycles. The van der Waals surface area contributed by atoms with Crippen molar-refractivity contribution in [2.45, 2.75) is 32.5 Å². The number of thiazole rings is 1. The molecule has 180 valence electrons. The van der Waals surface area contributed by atoms with E-state index < -0.39 is 41.7 Å². The van der Waals surface area contributed by atoms with E-state index >= 15 is 0 Å². The van der Waals surface area contributed by atoms with Crippen LogP contribution >= 0.6 is 11.3 Å². The molecule has 35 heavy (non-hydrogen) atoms. The maximum Gasteiger partial charge on any atom is 0.370 e. The normalized spacial score (nSPS) is 22.3. The number of fused-ring (bicyclic) bond motifs is 2. The van der Waals surface area contributed by atoms with Crippen molar-refractivity contribution in [3.05, 3.63) is 58.9 Å². The van der Waals surface area contributed by atoms with E-state index in [-0.39, 0.29) is 29.4 Å². The highest BCUT2D eigenvalue weighted by atomic mass is 32.1. The number of amides is 1. The van der Waals surface area contributed by atoms with Crippen LogP contribution in [-0.4, -0.2) is 65.4 Å². The number of carboxylic acids is 2. The molecule has 11 nitrogen and oxygen atoms in total. The van der Waals surface area contributed by atoms with Crippen LogP contribution in [0.2, 0.25) is 0 Å². The van der Waals surface area contributed by atoms with Gasteiger partial charge in [-0.05, 0) is 13.0 Å². The molecule has 5 heterocycles. The van der Waals surface area contributed by atoms with Crippen molar-refractivity contribution in [1.82, 2.24) is 14.3 Å². The number of carbonyl (C=O) groups is 4. The average molecular weight is 498 g/mol. The third kappa shape index (κ3) is 3.44. The van der Waals surface area contributed by atoms with Gasteiger partial charge < -0.3 is 20.2 Å². The summed E-state index contributed by atoms with van der Waals surface area (Å²) in [5.74, 6) is -4.09. The quantitative estimate of drug-likeness (QED) is 0.244. The molecule has 4 atom stereocenters. The molecular formula is C23H21N4O7S+. The van der Waals surface area contributed by atoms with Crippen molar-refractivity contribution >= 4 is 45.4 Å². The lowest BCUT2D eigenvalue weighted by Gasteiger charge is -2.46. The summed E-state index contributed by atoms with van der Waals surface area (Å²) in [7, 11) is 0. The first-order chi connectivity index (χ1) is 16.6. The van der Waals surface area contributed by atoms with E-state index in [1.807, 2.05) is 6.92 Å². The van der Waals surface area contributed by atoms with Crippen LogP contribution in [-0.2, 0) is 20.9 Å². The molecule has 0 aliphatic carbocycles. The first-order valence-corrected chi connectivity index (χ1v) is 11.6. The predicted molar refractivity (Wildman–Crippen MR) is 120 cm³/mol. The lowest BCUT2D eigenvalue weighted by Crippen LogP contribution is -2.63. The molecule has 3 N–H and O–H groups in total. The Labute approximate surface area is 202 Å². The van der Waals surface area contributed by atoms with Crippen LogP contribution in [0.15, 0.2) is 42.7 Å². The molecule has 1 amide bonds. The van der Waals surface area contributed by atoms with Crippen molar-refractivity contribution in [3.63, 3.8) is 0 Å². The Hall–Kier alpha value is -3.90. The van der Waals surface area contributed by atoms with Crippen LogP contribution in [0.4, 0.5) is 0 Å². The van der Waals surface area contributed by atoms with Crippen LogP contribution in [0, 0.1) is 11.8 Å². The predicted octanol–water partition coefficient (Wildman–Crippen LogP) is 0.652. The van der Waals surface area contributed by atoms with Crippen LogP contribution < -0.4 is 4.57 Å². The van der Waals surface area contributed by atoms with E-state index in [0.29, 0.717) is 15.3 Å². The number of hydrogen-bond acceptors (Lipinski definition) is 7. The number of carboxylic acid groups (broad SMARTS) is 2. The van der Waals surface area contributed by atoms with Gasteiger partial charge in [0.05, 0.1) is 28.5 Å². The topological polar surface area (TPSA) is 153 Å². The summed E-state index contributed by atoms with van der Waals surface area (Å²) in [6.45, 7) is 3.06. The van der Waals surface area contributed by atoms with Gasteiger partial charge in [-0.3, -0.25) is 14.0 Å². The summed E-state index contributed by atoms with van der Waals surface area (Å²) in [5.41, 5.74) is 0.787. The summed E-state index contributed by atoms with van der Waals surface area (Å²) >= 11 is 1.19. The molecule has 0 bridgehead atoms. The molecule has 1 fully saturated rings. The van der Waals surface area contributed by atoms with Gasteiger partial charge >= 0.3 is 11.9 Å². The van der Waals surface area contributed by atoms with Gasteiger partial charge in [-0.15, -0.1) is 11.3 Å². The summed E-state index contributed by atoms with van der Waals surface area (Å²) in [6, 6.07) is 2.70. The highest BCUT2D eigenvalue weighted by Crippen LogP contribution is 2.51. The minimum atomic E-state index is -1.23. The monoisotopic (exact) mass is 497 g/mol. The van der Waals surface area contributed by atoms with Gasteiger partial charge in [0.2, 0.25) is 18.2 Å². The maximum absolute atomic E-state index is 13.2. The molecule has 0 saturated carbocycles. The number of nitrogens with zero attached hydrogens (tertiary/aromatic N) is 4. The number of rotatable bonds is 7. The largest absolute Gasteiger partial charge is 0.477 e. The van der Waals surface area contributed by atoms with Gasteiger partial charge in [0.1, 0.15) is 22.5 Å². The van der Waals surface area contributed by atoms with E-state index in [2.05, 4.69) is 4.98 Å². The fourth-order valence-electron chi connectivity index (χ4n) is 5.02. The second-order valence-corrected chi connectivity index (χ2v) is 9.74. The second-order valence-electron chi connectivity index (χ2n) is 8.71. The van der Waals surface area contributed by atoms with E-state index in [1.54, 1.807) is 28.9 Å². The van der Waals surface area contributed by atoms with Crippen LogP contribution in [0.1, 0.15) is 34.8 Å². The van der Waals surface area contributed by atoms with Gasteiger partial charge in [-0.1, -0.05) is 6.92 Å². The Morgan fingerprint density at radius 2 is 2.03 bits per heavy atom. The molecule has 3 aromatic rings. The van der Waals surface area contributed by atoms with Crippen LogP contribution in [0.5, 0.6) is 0 Å². The number of aliphatic hydroxyl groups is 1. The van der Waals surface area contributed by atoms with Crippen LogP contribution in [0.3, 0.4) is 0 Å². The number of aliphatic carboxylic acids is 2. The first kappa shape index (κ1) is 22.9. The standard InChI is InChI=1S/C23H20N4O7S/c1-10-15(19(23(33)34)27-18(10)16(11(2)28)21(27)32)13-7-26-9-24-17(22(26)35-13)20(31)12-4-3-5-25(6-12)8-14(29)30/h3-7,9-11,16,18,28H,8H2,1-2H3,(H-,29,30,33,34)/p+1/t10-,11+,16+,18+/m0/s1. The van der Waals surface area contributed by atoms with Crippen molar-refractivity contribution in [3.8, 4) is 0 Å². The van der Waals surface area contributed by atoms with Gasteiger partial charge in [-0.2, -0.15) is 4.57 Å². The zero-order valence-corrected chi connectivity index (χ0v) is 19.5. The fraction of sp³-hybridized carbons (Fsp3) is 0.304. The number of pyridine rings is 1. The number of aliphatic hydroxyl groups excluding tert-OH is 1. The number of carbonyl (C=O) groups excluding carboxylic acids is 2. The molecule has 5 rings (SSSR count). The zero-order chi connectivity index (χ0) is 25.2. The highest BCUT2D eigenvalue weighted by Gasteiger charge is 2.60. The van der Waals surface area contributed by atoms with Gasteiger partial charge in [0, 0.05) is 23.8 Å². The third-order valence-electron chi connectivity index (χ3n) is 6.50. The molecule has 12 heteroatoms. The molecule has 0 radical (unpaired) electrons. The molecular weight excluding hydrogens is 476 g/mol. The number of ketones is 1. The van der Waals surface area contributed by atoms with Gasteiger partial charge in [-0.25, -0.2) is 14.6 Å². The van der Waals surface area contributed by atoms with Crippen molar-refractivity contribution in [1.29, 1.82) is 0 Å². The Balaban J connectivity index is 1.54. The van der Waals surface area contributed by atoms with E-state index in [9.17, 15) is 29.4 Å². The SMILES string of the molecule is C[C@@H](O)[C@H]1C(=O)N2C(C(=O)O)=C(c3cn4cnc(C(=O)c5ccc[n+](CC(=O)O)c5)c4s3)[C@H](C)[C@H]12. The fourth-order valence-corrected chi connectivity index (χ4v) is 6.24. The van der Waals surface area contributed by atoms with Crippen LogP contribution in [0.25, 0.3) is 10.4 Å². The summed E-state index contributed by atoms with van der Waals surface area (Å²) in [4.78, 5) is 55.5. The van der Waals surface area contributed by atoms with E-state index in [4.69, 9.17) is 5.11 Å². The molecule has 2 aliphatic rings. The summed E-state index contributed by atoms with van der Waals surface area (Å²) in [5, 5.41) is 29.0. The first-order valence-electron chi connectivity index (χ1n) is 10.8. The number of β-lactam (4-membered cyclic amide) rings is 1. The van der Waals surface area contributed by atoms with E-state index in [0.717, 1.165) is 0 Å². The highest BCUT2D eigenvalue weighted by molar-refractivity contribution is 7.18. The lowest BCUT2D eigenvalue weighted by atomic mass is 9.77. The third-order valence-corrected chi connectivity index (χ3v) is 7.65. The number of aromatic nitrogens is 3. The minimum Gasteiger partial charge on any atom is -0.477 e. The molecule has 2 aliphatic heterocycles. The van der Waals surface area contributed by atoms with Crippen molar-refractivity contribution in [2.24, 2.45) is 11.8 Å². The van der Waals surface area contributed by atoms with Crippen molar-refractivity contribution < 1.29 is 39.1 Å². The smallest absolute Gasteiger partial charge is 0.370 e. The molecule has 1 saturated heterocycles.